The molecule has 1 unspecified atom stereocenters. The molecule has 1 heterocycles. The largest absolute Gasteiger partial charge is 0.342 e. The van der Waals surface area contributed by atoms with Crippen LogP contribution in [0.5, 0.6) is 0 Å². The smallest absolute Gasteiger partial charge is 0.246 e. The minimum Gasteiger partial charge on any atom is -0.342 e. The first kappa shape index (κ1) is 12.0. The van der Waals surface area contributed by atoms with Crippen molar-refractivity contribution in [2.24, 2.45) is 5.92 Å². The van der Waals surface area contributed by atoms with Crippen LogP contribution in [-0.2, 0) is 9.59 Å². The van der Waals surface area contributed by atoms with E-state index in [1.165, 1.54) is 0 Å². The Morgan fingerprint density at radius 1 is 1.40 bits per heavy atom. The maximum absolute atomic E-state index is 12.1. The van der Waals surface area contributed by atoms with Crippen LogP contribution in [0.15, 0.2) is 0 Å². The average molecular weight is 212 g/mol. The van der Waals surface area contributed by atoms with Crippen molar-refractivity contribution < 1.29 is 9.59 Å². The highest BCUT2D eigenvalue weighted by Crippen LogP contribution is 2.23. The molecule has 1 rings (SSSR count). The fourth-order valence-corrected chi connectivity index (χ4v) is 1.95. The SMILES string of the molecule is CCN1C(=O)C(C(C)C)NC(=O)C1(C)C. The maximum Gasteiger partial charge on any atom is 0.246 e. The van der Waals surface area contributed by atoms with Gasteiger partial charge in [-0.2, -0.15) is 0 Å². The molecule has 0 aliphatic carbocycles. The van der Waals surface area contributed by atoms with Crippen molar-refractivity contribution >= 4 is 11.8 Å². The molecule has 2 amide bonds. The van der Waals surface area contributed by atoms with Gasteiger partial charge >= 0.3 is 0 Å². The summed E-state index contributed by atoms with van der Waals surface area (Å²) in [5.74, 6) is 0.0892. The molecule has 1 aliphatic heterocycles. The molecule has 0 spiro atoms. The Labute approximate surface area is 91.0 Å². The summed E-state index contributed by atoms with van der Waals surface area (Å²) in [6, 6.07) is -0.370. The highest BCUT2D eigenvalue weighted by atomic mass is 16.2. The van der Waals surface area contributed by atoms with Crippen molar-refractivity contribution in [3.8, 4) is 0 Å². The molecule has 0 saturated carbocycles. The highest BCUT2D eigenvalue weighted by Gasteiger charge is 2.46. The summed E-state index contributed by atoms with van der Waals surface area (Å²) in [6.45, 7) is 9.91. The molecule has 4 heteroatoms. The second-order valence-corrected chi connectivity index (χ2v) is 4.84. The van der Waals surface area contributed by atoms with Gasteiger partial charge in [0.25, 0.3) is 0 Å². The third-order valence-electron chi connectivity index (χ3n) is 3.03. The van der Waals surface area contributed by atoms with Gasteiger partial charge in [-0.15, -0.1) is 0 Å². The zero-order valence-corrected chi connectivity index (χ0v) is 10.1. The fraction of sp³-hybridized carbons (Fsp3) is 0.818. The number of piperazine rings is 1. The second-order valence-electron chi connectivity index (χ2n) is 4.84. The van der Waals surface area contributed by atoms with E-state index in [1.807, 2.05) is 20.8 Å². The Morgan fingerprint density at radius 2 is 1.93 bits per heavy atom. The molecule has 1 fully saturated rings. The predicted molar refractivity (Wildman–Crippen MR) is 58.2 cm³/mol. The molecule has 4 nitrogen and oxygen atoms in total. The number of carbonyl (C=O) groups is 2. The van der Waals surface area contributed by atoms with E-state index in [1.54, 1.807) is 18.7 Å². The number of hydrogen-bond acceptors (Lipinski definition) is 2. The number of likely N-dealkylation sites (N-methyl/N-ethyl adjacent to an activating group) is 1. The molecule has 15 heavy (non-hydrogen) atoms. The molecule has 1 N–H and O–H groups in total. The van der Waals surface area contributed by atoms with Crippen molar-refractivity contribution in [3.05, 3.63) is 0 Å². The summed E-state index contributed by atoms with van der Waals surface area (Å²) >= 11 is 0. The topological polar surface area (TPSA) is 49.4 Å². The molecular formula is C11H20N2O2. The van der Waals surface area contributed by atoms with E-state index in [4.69, 9.17) is 0 Å². The Hall–Kier alpha value is -1.06. The van der Waals surface area contributed by atoms with E-state index in [9.17, 15) is 9.59 Å². The van der Waals surface area contributed by atoms with Crippen molar-refractivity contribution in [1.29, 1.82) is 0 Å². The molecule has 1 saturated heterocycles. The molecule has 1 aliphatic rings. The van der Waals surface area contributed by atoms with Gasteiger partial charge < -0.3 is 10.2 Å². The van der Waals surface area contributed by atoms with Gasteiger partial charge in [-0.05, 0) is 26.7 Å². The first-order valence-corrected chi connectivity index (χ1v) is 5.44. The number of hydrogen-bond donors (Lipinski definition) is 1. The Morgan fingerprint density at radius 3 is 2.33 bits per heavy atom. The van der Waals surface area contributed by atoms with E-state index in [2.05, 4.69) is 5.32 Å². The lowest BCUT2D eigenvalue weighted by atomic mass is 9.91. The normalized spacial score (nSPS) is 25.7. The van der Waals surface area contributed by atoms with Crippen molar-refractivity contribution in [3.63, 3.8) is 0 Å². The first-order valence-electron chi connectivity index (χ1n) is 5.44. The summed E-state index contributed by atoms with van der Waals surface area (Å²) in [4.78, 5) is 25.6. The van der Waals surface area contributed by atoms with Crippen LogP contribution in [0, 0.1) is 5.92 Å². The summed E-state index contributed by atoms with van der Waals surface area (Å²) in [6.07, 6.45) is 0. The minimum absolute atomic E-state index is 0.0251. The summed E-state index contributed by atoms with van der Waals surface area (Å²) < 4.78 is 0. The van der Waals surface area contributed by atoms with Crippen LogP contribution < -0.4 is 5.32 Å². The first-order chi connectivity index (χ1) is 6.82. The number of carbonyl (C=O) groups excluding carboxylic acids is 2. The van der Waals surface area contributed by atoms with Gasteiger partial charge in [0.1, 0.15) is 11.6 Å². The van der Waals surface area contributed by atoms with Gasteiger partial charge in [-0.3, -0.25) is 9.59 Å². The van der Waals surface area contributed by atoms with Crippen LogP contribution in [0.2, 0.25) is 0 Å². The Bertz CT molecular complexity index is 284. The monoisotopic (exact) mass is 212 g/mol. The third kappa shape index (κ3) is 1.85. The van der Waals surface area contributed by atoms with Crippen LogP contribution >= 0.6 is 0 Å². The van der Waals surface area contributed by atoms with Crippen LogP contribution in [0.25, 0.3) is 0 Å². The molecule has 0 radical (unpaired) electrons. The van der Waals surface area contributed by atoms with E-state index in [0.29, 0.717) is 6.54 Å². The Balaban J connectivity index is 3.01. The zero-order valence-electron chi connectivity index (χ0n) is 10.1. The van der Waals surface area contributed by atoms with Gasteiger partial charge in [0, 0.05) is 6.54 Å². The van der Waals surface area contributed by atoms with Crippen molar-refractivity contribution in [1.82, 2.24) is 10.2 Å². The zero-order chi connectivity index (χ0) is 11.8. The number of rotatable bonds is 2. The van der Waals surface area contributed by atoms with Crippen LogP contribution in [0.4, 0.5) is 0 Å². The van der Waals surface area contributed by atoms with Crippen molar-refractivity contribution in [2.45, 2.75) is 46.2 Å². The third-order valence-corrected chi connectivity index (χ3v) is 3.03. The molecule has 86 valence electrons. The lowest BCUT2D eigenvalue weighted by Gasteiger charge is -2.44. The number of nitrogens with one attached hydrogen (secondary N) is 1. The van der Waals surface area contributed by atoms with E-state index >= 15 is 0 Å². The molecule has 0 aromatic heterocycles. The van der Waals surface area contributed by atoms with Gasteiger partial charge in [-0.25, -0.2) is 0 Å². The molecule has 0 aromatic rings. The molecular weight excluding hydrogens is 192 g/mol. The van der Waals surface area contributed by atoms with Gasteiger partial charge in [0.15, 0.2) is 0 Å². The van der Waals surface area contributed by atoms with Crippen LogP contribution in [0.1, 0.15) is 34.6 Å². The Kier molecular flexibility index (Phi) is 3.07. The molecule has 1 atom stereocenters. The van der Waals surface area contributed by atoms with Crippen LogP contribution in [0.3, 0.4) is 0 Å². The van der Waals surface area contributed by atoms with Gasteiger partial charge in [0.2, 0.25) is 11.8 Å². The standard InChI is InChI=1S/C11H20N2O2/c1-6-13-9(14)8(7(2)3)12-10(15)11(13,4)5/h7-8H,6H2,1-5H3,(H,12,15). The quantitative estimate of drug-likeness (QED) is 0.735. The van der Waals surface area contributed by atoms with Crippen molar-refractivity contribution in [2.75, 3.05) is 6.54 Å². The fourth-order valence-electron chi connectivity index (χ4n) is 1.95. The second kappa shape index (κ2) is 3.83. The van der Waals surface area contributed by atoms with E-state index < -0.39 is 5.54 Å². The molecule has 0 aromatic carbocycles. The summed E-state index contributed by atoms with van der Waals surface area (Å²) in [7, 11) is 0. The van der Waals surface area contributed by atoms with E-state index in [-0.39, 0.29) is 23.8 Å². The highest BCUT2D eigenvalue weighted by molar-refractivity contribution is 5.99. The lowest BCUT2D eigenvalue weighted by Crippen LogP contribution is -2.69. The minimum atomic E-state index is -0.725. The van der Waals surface area contributed by atoms with Crippen LogP contribution in [-0.4, -0.2) is 34.8 Å². The molecule has 0 bridgehead atoms. The average Bonchev–Trinajstić information content (AvgIpc) is 2.11. The van der Waals surface area contributed by atoms with Gasteiger partial charge in [-0.1, -0.05) is 13.8 Å². The predicted octanol–water partition coefficient (Wildman–Crippen LogP) is 0.768. The summed E-state index contributed by atoms with van der Waals surface area (Å²) in [5.41, 5.74) is -0.725. The number of amides is 2. The summed E-state index contributed by atoms with van der Waals surface area (Å²) in [5, 5.41) is 2.79. The maximum atomic E-state index is 12.1. The number of nitrogens with zero attached hydrogens (tertiary/aromatic N) is 1. The lowest BCUT2D eigenvalue weighted by molar-refractivity contribution is -0.156. The van der Waals surface area contributed by atoms with E-state index in [0.717, 1.165) is 0 Å². The van der Waals surface area contributed by atoms with Gasteiger partial charge in [0.05, 0.1) is 0 Å².